The topological polar surface area (TPSA) is 113 Å². The molecule has 8 nitrogen and oxygen atoms in total. The summed E-state index contributed by atoms with van der Waals surface area (Å²) in [4.78, 5) is 13.4. The highest BCUT2D eigenvalue weighted by molar-refractivity contribution is 7.89. The van der Waals surface area contributed by atoms with Crippen LogP contribution in [0.4, 0.5) is 0 Å². The van der Waals surface area contributed by atoms with E-state index in [4.69, 9.17) is 10.5 Å². The molecule has 1 aliphatic rings. The van der Waals surface area contributed by atoms with Crippen molar-refractivity contribution < 1.29 is 23.1 Å². The Labute approximate surface area is 189 Å². The molecule has 0 spiro atoms. The molecule has 0 saturated carbocycles. The van der Waals surface area contributed by atoms with Crippen molar-refractivity contribution >= 4 is 15.9 Å². The van der Waals surface area contributed by atoms with Gasteiger partial charge < -0.3 is 15.6 Å². The molecule has 1 saturated heterocycles. The van der Waals surface area contributed by atoms with E-state index in [1.54, 1.807) is 0 Å². The molecule has 1 fully saturated rings. The number of aliphatic hydroxyl groups excluding tert-OH is 1. The lowest BCUT2D eigenvalue weighted by atomic mass is 10.0. The quantitative estimate of drug-likeness (QED) is 0.587. The summed E-state index contributed by atoms with van der Waals surface area (Å²) in [6.07, 6.45) is -0.681. The van der Waals surface area contributed by atoms with E-state index in [0.717, 1.165) is 11.3 Å². The second-order valence-electron chi connectivity index (χ2n) is 8.25. The van der Waals surface area contributed by atoms with E-state index < -0.39 is 22.0 Å². The highest BCUT2D eigenvalue weighted by Gasteiger charge is 2.29. The number of para-hydroxylation sites is 1. The van der Waals surface area contributed by atoms with Gasteiger partial charge >= 0.3 is 0 Å². The summed E-state index contributed by atoms with van der Waals surface area (Å²) in [5, 5.41) is 10.4. The molecule has 1 aliphatic heterocycles. The first-order valence-corrected chi connectivity index (χ1v) is 12.1. The summed E-state index contributed by atoms with van der Waals surface area (Å²) in [7, 11) is -3.65. The van der Waals surface area contributed by atoms with E-state index in [1.165, 1.54) is 28.6 Å². The van der Waals surface area contributed by atoms with Crippen LogP contribution in [-0.4, -0.2) is 74.1 Å². The number of β-amino-alcohol motifs (C(OH)–C–C–N with tert-alkyl or cyclic N) is 1. The lowest BCUT2D eigenvalue weighted by molar-refractivity contribution is 0.0565. The van der Waals surface area contributed by atoms with Crippen molar-refractivity contribution in [2.45, 2.75) is 30.8 Å². The Hall–Kier alpha value is -2.46. The zero-order chi connectivity index (χ0) is 23.3. The van der Waals surface area contributed by atoms with Crippen molar-refractivity contribution in [3.63, 3.8) is 0 Å². The van der Waals surface area contributed by atoms with E-state index in [-0.39, 0.29) is 17.1 Å². The van der Waals surface area contributed by atoms with Crippen molar-refractivity contribution in [2.75, 3.05) is 39.3 Å². The van der Waals surface area contributed by atoms with Crippen LogP contribution >= 0.6 is 0 Å². The van der Waals surface area contributed by atoms with Gasteiger partial charge in [0.05, 0.1) is 4.90 Å². The number of benzene rings is 2. The molecule has 0 aromatic heterocycles. The minimum Gasteiger partial charge on any atom is -0.491 e. The summed E-state index contributed by atoms with van der Waals surface area (Å²) in [5.41, 5.74) is 6.58. The first-order valence-electron chi connectivity index (χ1n) is 10.7. The molecular formula is C23H31N3O5S. The maximum atomic E-state index is 12.9. The third kappa shape index (κ3) is 5.86. The predicted octanol–water partition coefficient (Wildman–Crippen LogP) is 1.66. The molecule has 1 atom stereocenters. The molecule has 3 N–H and O–H groups in total. The Morgan fingerprint density at radius 1 is 1.06 bits per heavy atom. The lowest BCUT2D eigenvalue weighted by Crippen LogP contribution is -2.50. The van der Waals surface area contributed by atoms with Crippen molar-refractivity contribution in [3.8, 4) is 5.75 Å². The number of rotatable bonds is 9. The Morgan fingerprint density at radius 3 is 2.28 bits per heavy atom. The number of amides is 1. The number of carbonyl (C=O) groups excluding carboxylic acids is 1. The molecule has 1 heterocycles. The molecule has 0 radical (unpaired) electrons. The minimum atomic E-state index is -3.65. The summed E-state index contributed by atoms with van der Waals surface area (Å²) in [6, 6.07) is 13.4. The van der Waals surface area contributed by atoms with Gasteiger partial charge in [0.1, 0.15) is 18.5 Å². The van der Waals surface area contributed by atoms with Gasteiger partial charge in [0.25, 0.3) is 0 Å². The number of sulfonamides is 1. The van der Waals surface area contributed by atoms with Crippen LogP contribution < -0.4 is 10.5 Å². The Bertz CT molecular complexity index is 1020. The number of hydrogen-bond donors (Lipinski definition) is 2. The van der Waals surface area contributed by atoms with Gasteiger partial charge in [-0.2, -0.15) is 4.31 Å². The first-order chi connectivity index (χ1) is 15.2. The summed E-state index contributed by atoms with van der Waals surface area (Å²) in [6.45, 7) is 6.44. The first kappa shape index (κ1) is 24.2. The highest BCUT2D eigenvalue weighted by Crippen LogP contribution is 2.26. The fourth-order valence-corrected chi connectivity index (χ4v) is 5.14. The summed E-state index contributed by atoms with van der Waals surface area (Å²) in [5.74, 6) is 0.503. The fraction of sp³-hybridized carbons (Fsp3) is 0.435. The van der Waals surface area contributed by atoms with E-state index in [9.17, 15) is 18.3 Å². The maximum Gasteiger partial charge on any atom is 0.248 e. The third-order valence-electron chi connectivity index (χ3n) is 5.55. The molecule has 0 bridgehead atoms. The van der Waals surface area contributed by atoms with Crippen molar-refractivity contribution in [1.29, 1.82) is 0 Å². The molecule has 2 aromatic rings. The Balaban J connectivity index is 1.50. The third-order valence-corrected chi connectivity index (χ3v) is 7.46. The lowest BCUT2D eigenvalue weighted by Gasteiger charge is -2.34. The van der Waals surface area contributed by atoms with Crippen LogP contribution in [0.5, 0.6) is 5.75 Å². The van der Waals surface area contributed by atoms with Crippen LogP contribution in [0.15, 0.2) is 53.4 Å². The largest absolute Gasteiger partial charge is 0.491 e. The van der Waals surface area contributed by atoms with Gasteiger partial charge in [-0.25, -0.2) is 8.42 Å². The van der Waals surface area contributed by atoms with Crippen LogP contribution in [0.1, 0.15) is 35.7 Å². The van der Waals surface area contributed by atoms with Crippen LogP contribution in [-0.2, 0) is 10.0 Å². The predicted molar refractivity (Wildman–Crippen MR) is 122 cm³/mol. The summed E-state index contributed by atoms with van der Waals surface area (Å²) >= 11 is 0. The standard InChI is InChI=1S/C23H31N3O5S/c1-17(2)21-5-3-4-6-22(21)31-16-19(27)15-25-11-13-26(14-12-25)32(29,30)20-9-7-18(8-10-20)23(24)28/h3-10,17,19,27H,11-16H2,1-2H3,(H2,24,28)/t19-/m1/s1. The number of ether oxygens (including phenoxy) is 1. The Kier molecular flexibility index (Phi) is 7.89. The van der Waals surface area contributed by atoms with Crippen LogP contribution in [0.2, 0.25) is 0 Å². The number of carbonyl (C=O) groups is 1. The molecule has 0 unspecified atom stereocenters. The van der Waals surface area contributed by atoms with Gasteiger partial charge in [0.15, 0.2) is 0 Å². The second-order valence-corrected chi connectivity index (χ2v) is 10.2. The van der Waals surface area contributed by atoms with Gasteiger partial charge in [-0.15, -0.1) is 0 Å². The Morgan fingerprint density at radius 2 is 1.69 bits per heavy atom. The van der Waals surface area contributed by atoms with E-state index in [1.807, 2.05) is 29.2 Å². The zero-order valence-corrected chi connectivity index (χ0v) is 19.3. The highest BCUT2D eigenvalue weighted by atomic mass is 32.2. The van der Waals surface area contributed by atoms with Crippen LogP contribution in [0.3, 0.4) is 0 Å². The van der Waals surface area contributed by atoms with E-state index in [0.29, 0.717) is 38.6 Å². The fourth-order valence-electron chi connectivity index (χ4n) is 3.72. The zero-order valence-electron chi connectivity index (χ0n) is 18.5. The monoisotopic (exact) mass is 461 g/mol. The van der Waals surface area contributed by atoms with E-state index >= 15 is 0 Å². The average molecular weight is 462 g/mol. The second kappa shape index (κ2) is 10.4. The van der Waals surface area contributed by atoms with Gasteiger partial charge in [-0.1, -0.05) is 32.0 Å². The average Bonchev–Trinajstić information content (AvgIpc) is 2.78. The molecule has 9 heteroatoms. The van der Waals surface area contributed by atoms with Gasteiger partial charge in [0, 0.05) is 38.3 Å². The van der Waals surface area contributed by atoms with Crippen LogP contribution in [0, 0.1) is 0 Å². The van der Waals surface area contributed by atoms with Gasteiger partial charge in [-0.05, 0) is 41.8 Å². The molecule has 2 aromatic carbocycles. The minimum absolute atomic E-state index is 0.133. The molecule has 3 rings (SSSR count). The molecule has 32 heavy (non-hydrogen) atoms. The number of piperazine rings is 1. The number of hydrogen-bond acceptors (Lipinski definition) is 6. The van der Waals surface area contributed by atoms with Crippen molar-refractivity contribution in [1.82, 2.24) is 9.21 Å². The van der Waals surface area contributed by atoms with Crippen molar-refractivity contribution in [3.05, 3.63) is 59.7 Å². The van der Waals surface area contributed by atoms with Gasteiger partial charge in [-0.3, -0.25) is 9.69 Å². The maximum absolute atomic E-state index is 12.9. The number of aliphatic hydroxyl groups is 1. The normalized spacial score (nSPS) is 16.8. The smallest absolute Gasteiger partial charge is 0.248 e. The van der Waals surface area contributed by atoms with Crippen LogP contribution in [0.25, 0.3) is 0 Å². The molecule has 1 amide bonds. The van der Waals surface area contributed by atoms with Gasteiger partial charge in [0.2, 0.25) is 15.9 Å². The van der Waals surface area contributed by atoms with Crippen molar-refractivity contribution in [2.24, 2.45) is 5.73 Å². The number of primary amides is 1. The molecule has 174 valence electrons. The molecular weight excluding hydrogens is 430 g/mol. The molecule has 0 aliphatic carbocycles. The number of nitrogens with zero attached hydrogens (tertiary/aromatic N) is 2. The summed E-state index contributed by atoms with van der Waals surface area (Å²) < 4.78 is 33.0. The number of nitrogens with two attached hydrogens (primary N) is 1. The van der Waals surface area contributed by atoms with E-state index in [2.05, 4.69) is 13.8 Å². The SMILES string of the molecule is CC(C)c1ccccc1OC[C@H](O)CN1CCN(S(=O)(=O)c2ccc(C(N)=O)cc2)CC1.